The van der Waals surface area contributed by atoms with Gasteiger partial charge in [0.1, 0.15) is 5.82 Å². The number of hydrogen-bond acceptors (Lipinski definition) is 4. The van der Waals surface area contributed by atoms with E-state index in [2.05, 4.69) is 15.3 Å². The lowest BCUT2D eigenvalue weighted by molar-refractivity contribution is -0.173. The van der Waals surface area contributed by atoms with E-state index in [4.69, 9.17) is 11.6 Å². The normalized spacial score (nSPS) is 20.4. The van der Waals surface area contributed by atoms with Crippen LogP contribution >= 0.6 is 11.6 Å². The van der Waals surface area contributed by atoms with Gasteiger partial charge in [0.25, 0.3) is 5.91 Å². The first-order chi connectivity index (χ1) is 16.7. The summed E-state index contributed by atoms with van der Waals surface area (Å²) in [4.78, 5) is 16.9. The largest absolute Gasteiger partial charge is 0.410 e. The van der Waals surface area contributed by atoms with Crippen LogP contribution in [0.5, 0.6) is 0 Å². The Labute approximate surface area is 206 Å². The third kappa shape index (κ3) is 4.82. The van der Waals surface area contributed by atoms with Crippen molar-refractivity contribution in [2.75, 3.05) is 36.4 Å². The molecule has 2 atom stereocenters. The minimum Gasteiger partial charge on any atom is -0.368 e. The maximum atomic E-state index is 14.0. The first-order valence-corrected chi connectivity index (χ1v) is 11.9. The van der Waals surface area contributed by atoms with E-state index < -0.39 is 18.3 Å². The summed E-state index contributed by atoms with van der Waals surface area (Å²) in [6, 6.07) is 14.0. The first-order valence-electron chi connectivity index (χ1n) is 11.5. The zero-order chi connectivity index (χ0) is 24.7. The highest BCUT2D eigenvalue weighted by Gasteiger charge is 2.47. The number of anilines is 2. The number of alkyl halides is 3. The fraction of sp³-hybridized carbons (Fsp3) is 0.360. The van der Waals surface area contributed by atoms with Crippen LogP contribution < -0.4 is 10.2 Å². The Morgan fingerprint density at radius 1 is 1.06 bits per heavy atom. The molecule has 10 heteroatoms. The second kappa shape index (κ2) is 9.11. The number of piperazine rings is 1. The summed E-state index contributed by atoms with van der Waals surface area (Å²) in [6.07, 6.45) is -4.69. The van der Waals surface area contributed by atoms with Crippen LogP contribution in [0.25, 0.3) is 0 Å². The monoisotopic (exact) mass is 503 g/mol. The summed E-state index contributed by atoms with van der Waals surface area (Å²) in [7, 11) is 0. The van der Waals surface area contributed by atoms with Gasteiger partial charge in [-0.25, -0.2) is 4.68 Å². The maximum absolute atomic E-state index is 14.0. The molecule has 1 aromatic heterocycles. The molecule has 35 heavy (non-hydrogen) atoms. The van der Waals surface area contributed by atoms with Crippen LogP contribution in [0.1, 0.15) is 40.1 Å². The number of carbonyl (C=O) groups excluding carboxylic acids is 1. The van der Waals surface area contributed by atoms with Crippen LogP contribution in [-0.2, 0) is 0 Å². The van der Waals surface area contributed by atoms with Crippen LogP contribution in [0.2, 0.25) is 5.02 Å². The lowest BCUT2D eigenvalue weighted by atomic mass is 9.96. The first kappa shape index (κ1) is 23.5. The summed E-state index contributed by atoms with van der Waals surface area (Å²) in [5.74, 6) is -0.169. The number of amides is 1. The van der Waals surface area contributed by atoms with Gasteiger partial charge in [-0.15, -0.1) is 0 Å². The zero-order valence-electron chi connectivity index (χ0n) is 19.1. The standard InChI is InChI=1S/C25H25ClF3N5O/c1-16-5-7-17(8-6-16)20-14-22(25(27,28)29)34-23(30-20)15-21(31-34)24(35)33-11-9-32(10-12-33)19-4-2-3-18(26)13-19/h2-8,13,15,20,22,30H,9-12,14H2,1H3/t20-,22-/m1/s1. The van der Waals surface area contributed by atoms with Gasteiger partial charge < -0.3 is 15.1 Å². The van der Waals surface area contributed by atoms with Crippen LogP contribution in [0.15, 0.2) is 54.6 Å². The van der Waals surface area contributed by atoms with Crippen molar-refractivity contribution in [3.63, 3.8) is 0 Å². The van der Waals surface area contributed by atoms with E-state index in [1.807, 2.05) is 49.4 Å². The molecule has 6 nitrogen and oxygen atoms in total. The molecule has 2 aromatic carbocycles. The zero-order valence-corrected chi connectivity index (χ0v) is 19.9. The molecule has 2 aliphatic rings. The third-order valence-corrected chi connectivity index (χ3v) is 6.86. The minimum atomic E-state index is -4.49. The van der Waals surface area contributed by atoms with Gasteiger partial charge in [0, 0.05) is 49.4 Å². The van der Waals surface area contributed by atoms with E-state index in [0.717, 1.165) is 21.5 Å². The van der Waals surface area contributed by atoms with E-state index >= 15 is 0 Å². The fourth-order valence-corrected chi connectivity index (χ4v) is 4.88. The van der Waals surface area contributed by atoms with Crippen molar-refractivity contribution in [3.8, 4) is 0 Å². The molecule has 3 aromatic rings. The van der Waals surface area contributed by atoms with E-state index in [0.29, 0.717) is 31.2 Å². The topological polar surface area (TPSA) is 53.4 Å². The Hall–Kier alpha value is -3.20. The van der Waals surface area contributed by atoms with E-state index in [-0.39, 0.29) is 23.8 Å². The summed E-state index contributed by atoms with van der Waals surface area (Å²) in [6.45, 7) is 4.00. The van der Waals surface area contributed by atoms with E-state index in [9.17, 15) is 18.0 Å². The van der Waals surface area contributed by atoms with Gasteiger partial charge in [0.05, 0.1) is 6.04 Å². The van der Waals surface area contributed by atoms with Gasteiger partial charge in [-0.3, -0.25) is 4.79 Å². The van der Waals surface area contributed by atoms with Crippen molar-refractivity contribution >= 4 is 29.0 Å². The van der Waals surface area contributed by atoms with Gasteiger partial charge in [0.2, 0.25) is 0 Å². The number of hydrogen-bond donors (Lipinski definition) is 1. The molecule has 0 spiro atoms. The molecule has 184 valence electrons. The van der Waals surface area contributed by atoms with Crippen molar-refractivity contribution < 1.29 is 18.0 Å². The summed E-state index contributed by atoms with van der Waals surface area (Å²) in [5, 5.41) is 7.91. The third-order valence-electron chi connectivity index (χ3n) is 6.63. The fourth-order valence-electron chi connectivity index (χ4n) is 4.70. The maximum Gasteiger partial charge on any atom is 0.410 e. The Morgan fingerprint density at radius 3 is 2.43 bits per heavy atom. The predicted molar refractivity (Wildman–Crippen MR) is 129 cm³/mol. The Balaban J connectivity index is 1.34. The van der Waals surface area contributed by atoms with Crippen LogP contribution in [0.4, 0.5) is 24.7 Å². The number of carbonyl (C=O) groups is 1. The SMILES string of the molecule is Cc1ccc([C@H]2C[C@H](C(F)(F)F)n3nc(C(=O)N4CCN(c5cccc(Cl)c5)CC4)cc3N2)cc1. The molecule has 0 radical (unpaired) electrons. The smallest absolute Gasteiger partial charge is 0.368 e. The molecule has 0 unspecified atom stereocenters. The second-order valence-electron chi connectivity index (χ2n) is 9.02. The van der Waals surface area contributed by atoms with Gasteiger partial charge in [-0.2, -0.15) is 18.3 Å². The van der Waals surface area contributed by atoms with Gasteiger partial charge in [0.15, 0.2) is 11.7 Å². The van der Waals surface area contributed by atoms with Crippen molar-refractivity contribution in [2.24, 2.45) is 0 Å². The molecule has 3 heterocycles. The predicted octanol–water partition coefficient (Wildman–Crippen LogP) is 5.47. The average molecular weight is 504 g/mol. The number of benzene rings is 2. The number of nitrogens with zero attached hydrogens (tertiary/aromatic N) is 4. The van der Waals surface area contributed by atoms with Crippen LogP contribution in [0.3, 0.4) is 0 Å². The number of rotatable bonds is 3. The summed E-state index contributed by atoms with van der Waals surface area (Å²) < 4.78 is 42.8. The van der Waals surface area contributed by atoms with E-state index in [1.54, 1.807) is 11.0 Å². The van der Waals surface area contributed by atoms with Crippen LogP contribution in [0, 0.1) is 6.92 Å². The average Bonchev–Trinajstić information content (AvgIpc) is 3.27. The molecule has 1 saturated heterocycles. The molecular formula is C25H25ClF3N5O. The molecule has 0 aliphatic carbocycles. The lowest BCUT2D eigenvalue weighted by Crippen LogP contribution is -2.49. The Bertz CT molecular complexity index is 1220. The Morgan fingerprint density at radius 2 is 1.77 bits per heavy atom. The molecule has 1 N–H and O–H groups in total. The molecule has 0 saturated carbocycles. The number of aromatic nitrogens is 2. The Kier molecular flexibility index (Phi) is 6.13. The molecule has 2 aliphatic heterocycles. The molecule has 1 amide bonds. The number of halogens is 4. The van der Waals surface area contributed by atoms with Gasteiger partial charge in [-0.05, 0) is 30.7 Å². The van der Waals surface area contributed by atoms with Crippen molar-refractivity contribution in [2.45, 2.75) is 31.6 Å². The molecular weight excluding hydrogens is 479 g/mol. The number of aryl methyl sites for hydroxylation is 1. The highest BCUT2D eigenvalue weighted by atomic mass is 35.5. The molecule has 1 fully saturated rings. The van der Waals surface area contributed by atoms with E-state index in [1.165, 1.54) is 6.07 Å². The minimum absolute atomic E-state index is 0.0162. The van der Waals surface area contributed by atoms with Crippen molar-refractivity contribution in [3.05, 3.63) is 76.4 Å². The lowest BCUT2D eigenvalue weighted by Gasteiger charge is -2.35. The van der Waals surface area contributed by atoms with Crippen molar-refractivity contribution in [1.82, 2.24) is 14.7 Å². The summed E-state index contributed by atoms with van der Waals surface area (Å²) >= 11 is 6.09. The molecule has 0 bridgehead atoms. The number of fused-ring (bicyclic) bond motifs is 1. The quantitative estimate of drug-likeness (QED) is 0.515. The van der Waals surface area contributed by atoms with Gasteiger partial charge in [-0.1, -0.05) is 47.5 Å². The second-order valence-corrected chi connectivity index (χ2v) is 9.46. The highest BCUT2D eigenvalue weighted by molar-refractivity contribution is 6.30. The number of nitrogens with one attached hydrogen (secondary N) is 1. The highest BCUT2D eigenvalue weighted by Crippen LogP contribution is 2.43. The van der Waals surface area contributed by atoms with Gasteiger partial charge >= 0.3 is 6.18 Å². The van der Waals surface area contributed by atoms with Crippen LogP contribution in [-0.4, -0.2) is 52.9 Å². The van der Waals surface area contributed by atoms with Crippen molar-refractivity contribution in [1.29, 1.82) is 0 Å². The summed E-state index contributed by atoms with van der Waals surface area (Å²) in [5.41, 5.74) is 2.79. The molecule has 5 rings (SSSR count).